The Morgan fingerprint density at radius 1 is 1.50 bits per heavy atom. The molecule has 0 saturated heterocycles. The van der Waals surface area contributed by atoms with E-state index in [2.05, 4.69) is 21.6 Å². The van der Waals surface area contributed by atoms with Crippen LogP contribution >= 0.6 is 0 Å². The van der Waals surface area contributed by atoms with Crippen molar-refractivity contribution in [1.29, 1.82) is 0 Å². The number of aromatic nitrogens is 2. The van der Waals surface area contributed by atoms with Gasteiger partial charge in [-0.1, -0.05) is 24.9 Å². The van der Waals surface area contributed by atoms with Crippen molar-refractivity contribution in [3.05, 3.63) is 12.2 Å². The molecule has 0 N–H and O–H groups in total. The third kappa shape index (κ3) is 3.48. The van der Waals surface area contributed by atoms with Crippen molar-refractivity contribution < 1.29 is 9.26 Å². The van der Waals surface area contributed by atoms with Crippen molar-refractivity contribution in [2.24, 2.45) is 0 Å². The lowest BCUT2D eigenvalue weighted by atomic mass is 10.3. The third-order valence-corrected chi connectivity index (χ3v) is 1.53. The first-order chi connectivity index (χ1) is 5.93. The molecular formula is C8H14N2O2. The minimum Gasteiger partial charge on any atom is -0.373 e. The van der Waals surface area contributed by atoms with E-state index < -0.39 is 0 Å². The fourth-order valence-corrected chi connectivity index (χ4v) is 0.874. The zero-order valence-electron chi connectivity index (χ0n) is 7.32. The van der Waals surface area contributed by atoms with Gasteiger partial charge < -0.3 is 9.26 Å². The molecule has 0 unspecified atom stereocenters. The monoisotopic (exact) mass is 170 g/mol. The molecule has 0 radical (unpaired) electrons. The molecular weight excluding hydrogens is 156 g/mol. The molecule has 4 nitrogen and oxygen atoms in total. The van der Waals surface area contributed by atoms with Crippen LogP contribution in [0.5, 0.6) is 0 Å². The van der Waals surface area contributed by atoms with Gasteiger partial charge in [0.25, 0.3) is 0 Å². The highest BCUT2D eigenvalue weighted by Crippen LogP contribution is 1.97. The van der Waals surface area contributed by atoms with E-state index in [0.29, 0.717) is 12.4 Å². The van der Waals surface area contributed by atoms with Gasteiger partial charge in [-0.15, -0.1) is 0 Å². The molecule has 0 aliphatic heterocycles. The summed E-state index contributed by atoms with van der Waals surface area (Å²) in [6, 6.07) is 0. The van der Waals surface area contributed by atoms with Gasteiger partial charge in [0.15, 0.2) is 5.82 Å². The predicted molar refractivity (Wildman–Crippen MR) is 43.5 cm³/mol. The summed E-state index contributed by atoms with van der Waals surface area (Å²) >= 11 is 0. The van der Waals surface area contributed by atoms with Gasteiger partial charge >= 0.3 is 0 Å². The molecule has 0 aromatic carbocycles. The quantitative estimate of drug-likeness (QED) is 0.610. The Morgan fingerprint density at radius 3 is 3.08 bits per heavy atom. The van der Waals surface area contributed by atoms with Crippen LogP contribution in [0.25, 0.3) is 0 Å². The zero-order valence-corrected chi connectivity index (χ0v) is 7.32. The minimum absolute atomic E-state index is 0.459. The number of hydrogen-bond acceptors (Lipinski definition) is 4. The molecule has 0 aliphatic carbocycles. The van der Waals surface area contributed by atoms with Crippen molar-refractivity contribution >= 4 is 0 Å². The zero-order chi connectivity index (χ0) is 8.65. The molecule has 0 atom stereocenters. The van der Waals surface area contributed by atoms with Gasteiger partial charge in [0, 0.05) is 6.61 Å². The average Bonchev–Trinajstić information content (AvgIpc) is 2.57. The molecule has 0 aliphatic rings. The predicted octanol–water partition coefficient (Wildman–Crippen LogP) is 1.78. The summed E-state index contributed by atoms with van der Waals surface area (Å²) < 4.78 is 9.85. The molecule has 0 spiro atoms. The highest BCUT2D eigenvalue weighted by atomic mass is 16.5. The van der Waals surface area contributed by atoms with Gasteiger partial charge in [0.05, 0.1) is 0 Å². The molecule has 0 amide bonds. The standard InChI is InChI=1S/C8H14N2O2/c1-2-3-4-5-11-6-8-9-7-12-10-8/h7H,2-6H2,1H3. The Bertz CT molecular complexity index is 187. The smallest absolute Gasteiger partial charge is 0.213 e. The van der Waals surface area contributed by atoms with E-state index >= 15 is 0 Å². The van der Waals surface area contributed by atoms with Crippen LogP contribution in [-0.2, 0) is 11.3 Å². The largest absolute Gasteiger partial charge is 0.373 e. The SMILES string of the molecule is CCCCCOCc1ncon1. The maximum absolute atomic E-state index is 5.30. The van der Waals surface area contributed by atoms with Gasteiger partial charge in [0.1, 0.15) is 6.61 Å². The van der Waals surface area contributed by atoms with Crippen LogP contribution in [0.4, 0.5) is 0 Å². The van der Waals surface area contributed by atoms with Crippen molar-refractivity contribution in [2.45, 2.75) is 32.8 Å². The highest BCUT2D eigenvalue weighted by Gasteiger charge is 1.96. The summed E-state index contributed by atoms with van der Waals surface area (Å²) in [6.45, 7) is 3.40. The maximum Gasteiger partial charge on any atom is 0.213 e. The van der Waals surface area contributed by atoms with E-state index in [1.807, 2.05) is 0 Å². The second-order valence-corrected chi connectivity index (χ2v) is 2.61. The topological polar surface area (TPSA) is 48.2 Å². The summed E-state index contributed by atoms with van der Waals surface area (Å²) in [6.07, 6.45) is 4.84. The Balaban J connectivity index is 1.96. The first-order valence-corrected chi connectivity index (χ1v) is 4.26. The van der Waals surface area contributed by atoms with Gasteiger partial charge in [0.2, 0.25) is 6.39 Å². The van der Waals surface area contributed by atoms with Gasteiger partial charge in [-0.25, -0.2) is 0 Å². The van der Waals surface area contributed by atoms with Gasteiger partial charge in [-0.05, 0) is 6.42 Å². The molecule has 1 aromatic heterocycles. The number of unbranched alkanes of at least 4 members (excludes halogenated alkanes) is 2. The number of rotatable bonds is 6. The van der Waals surface area contributed by atoms with Crippen LogP contribution in [0.15, 0.2) is 10.9 Å². The van der Waals surface area contributed by atoms with Crippen molar-refractivity contribution in [3.8, 4) is 0 Å². The van der Waals surface area contributed by atoms with Crippen LogP contribution in [0.2, 0.25) is 0 Å². The van der Waals surface area contributed by atoms with E-state index in [1.165, 1.54) is 19.2 Å². The number of hydrogen-bond donors (Lipinski definition) is 0. The van der Waals surface area contributed by atoms with Crippen LogP contribution in [0.3, 0.4) is 0 Å². The Morgan fingerprint density at radius 2 is 2.42 bits per heavy atom. The van der Waals surface area contributed by atoms with Crippen LogP contribution in [0, 0.1) is 0 Å². The molecule has 0 fully saturated rings. The summed E-state index contributed by atoms with van der Waals surface area (Å²) in [5, 5.41) is 3.62. The molecule has 1 aromatic rings. The van der Waals surface area contributed by atoms with Crippen LogP contribution in [-0.4, -0.2) is 16.7 Å². The molecule has 0 bridgehead atoms. The summed E-state index contributed by atoms with van der Waals surface area (Å²) in [7, 11) is 0. The van der Waals surface area contributed by atoms with E-state index in [9.17, 15) is 0 Å². The summed E-state index contributed by atoms with van der Waals surface area (Å²) in [4.78, 5) is 3.83. The van der Waals surface area contributed by atoms with Gasteiger partial charge in [-0.2, -0.15) is 4.98 Å². The Hall–Kier alpha value is -0.900. The minimum atomic E-state index is 0.459. The van der Waals surface area contributed by atoms with E-state index in [1.54, 1.807) is 0 Å². The number of ether oxygens (including phenoxy) is 1. The Kier molecular flexibility index (Phi) is 4.37. The van der Waals surface area contributed by atoms with Crippen molar-refractivity contribution in [1.82, 2.24) is 10.1 Å². The van der Waals surface area contributed by atoms with Crippen LogP contribution in [0.1, 0.15) is 32.0 Å². The summed E-state index contributed by atoms with van der Waals surface area (Å²) in [5.74, 6) is 0.617. The average molecular weight is 170 g/mol. The molecule has 12 heavy (non-hydrogen) atoms. The molecule has 1 heterocycles. The molecule has 0 saturated carbocycles. The molecule has 1 rings (SSSR count). The Labute approximate surface area is 71.9 Å². The molecule has 4 heteroatoms. The van der Waals surface area contributed by atoms with E-state index in [-0.39, 0.29) is 0 Å². The lowest BCUT2D eigenvalue weighted by Crippen LogP contribution is -1.96. The second-order valence-electron chi connectivity index (χ2n) is 2.61. The number of nitrogens with zero attached hydrogens (tertiary/aromatic N) is 2. The van der Waals surface area contributed by atoms with Crippen molar-refractivity contribution in [2.75, 3.05) is 6.61 Å². The molecule has 68 valence electrons. The fraction of sp³-hybridized carbons (Fsp3) is 0.750. The van der Waals surface area contributed by atoms with Crippen LogP contribution < -0.4 is 0 Å². The fourth-order valence-electron chi connectivity index (χ4n) is 0.874. The van der Waals surface area contributed by atoms with E-state index in [0.717, 1.165) is 13.0 Å². The second kappa shape index (κ2) is 5.71. The van der Waals surface area contributed by atoms with Gasteiger partial charge in [-0.3, -0.25) is 0 Å². The lowest BCUT2D eigenvalue weighted by molar-refractivity contribution is 0.110. The normalized spacial score (nSPS) is 10.4. The summed E-state index contributed by atoms with van der Waals surface area (Å²) in [5.41, 5.74) is 0. The highest BCUT2D eigenvalue weighted by molar-refractivity contribution is 4.72. The van der Waals surface area contributed by atoms with Crippen molar-refractivity contribution in [3.63, 3.8) is 0 Å². The first kappa shape index (κ1) is 9.19. The third-order valence-electron chi connectivity index (χ3n) is 1.53. The first-order valence-electron chi connectivity index (χ1n) is 4.26. The van der Waals surface area contributed by atoms with E-state index in [4.69, 9.17) is 4.74 Å². The lowest BCUT2D eigenvalue weighted by Gasteiger charge is -1.98. The maximum atomic E-state index is 5.30.